The minimum Gasteiger partial charge on any atom is -0.282 e. The molecule has 0 N–H and O–H groups in total. The molecule has 0 bridgehead atoms. The third-order valence-corrected chi connectivity index (χ3v) is 5.07. The van der Waals surface area contributed by atoms with Crippen molar-refractivity contribution in [3.8, 4) is 0 Å². The van der Waals surface area contributed by atoms with Gasteiger partial charge in [-0.2, -0.15) is 17.6 Å². The van der Waals surface area contributed by atoms with E-state index >= 15 is 0 Å². The summed E-state index contributed by atoms with van der Waals surface area (Å²) in [6.07, 6.45) is -4.37. The second-order valence-electron chi connectivity index (χ2n) is 5.81. The zero-order valence-corrected chi connectivity index (χ0v) is 14.1. The second-order valence-corrected chi connectivity index (χ2v) is 6.84. The van der Waals surface area contributed by atoms with Crippen molar-refractivity contribution in [2.24, 2.45) is 0 Å². The molecule has 0 spiro atoms. The second kappa shape index (κ2) is 6.56. The molecule has 1 heterocycles. The molecule has 0 aliphatic carbocycles. The van der Waals surface area contributed by atoms with Crippen molar-refractivity contribution in [3.63, 3.8) is 0 Å². The molecule has 1 aliphatic heterocycles. The molecule has 0 saturated carbocycles. The lowest BCUT2D eigenvalue weighted by molar-refractivity contribution is -0.137. The Morgan fingerprint density at radius 3 is 2.21 bits per heavy atom. The summed E-state index contributed by atoms with van der Waals surface area (Å²) in [4.78, 5) is 0.994. The quantitative estimate of drug-likeness (QED) is 0.422. The van der Waals surface area contributed by atoms with Crippen molar-refractivity contribution >= 4 is 23.4 Å². The maximum absolute atomic E-state index is 12.7. The molecule has 0 amide bonds. The highest BCUT2D eigenvalue weighted by Crippen LogP contribution is 2.41. The molecule has 24 heavy (non-hydrogen) atoms. The molecule has 3 rings (SSSR count). The smallest absolute Gasteiger partial charge is 0.282 e. The summed E-state index contributed by atoms with van der Waals surface area (Å²) in [5.41, 5.74) is 0.963. The number of alkyl halides is 4. The van der Waals surface area contributed by atoms with Crippen LogP contribution in [0.5, 0.6) is 0 Å². The van der Waals surface area contributed by atoms with E-state index in [0.29, 0.717) is 25.3 Å². The van der Waals surface area contributed by atoms with Gasteiger partial charge < -0.3 is 0 Å². The Morgan fingerprint density at radius 1 is 1.00 bits per heavy atom. The van der Waals surface area contributed by atoms with E-state index in [4.69, 9.17) is 23.4 Å². The lowest BCUT2D eigenvalue weighted by Gasteiger charge is -2.26. The first kappa shape index (κ1) is 17.5. The van der Waals surface area contributed by atoms with Crippen LogP contribution in [0.1, 0.15) is 16.7 Å². The van der Waals surface area contributed by atoms with Crippen LogP contribution >= 0.6 is 23.4 Å². The molecule has 2 nitrogen and oxygen atoms in total. The highest BCUT2D eigenvalue weighted by molar-refractivity contribution is 6.28. The summed E-state index contributed by atoms with van der Waals surface area (Å²) in [6.45, 7) is 1.50. The average molecular weight is 375 g/mol. The van der Waals surface area contributed by atoms with Gasteiger partial charge in [0.1, 0.15) is 5.00 Å². The first-order valence-electron chi connectivity index (χ1n) is 7.35. The molecule has 1 atom stereocenters. The van der Waals surface area contributed by atoms with Gasteiger partial charge in [0.05, 0.1) is 12.2 Å². The summed E-state index contributed by atoms with van der Waals surface area (Å²) in [6, 6.07) is 14.7. The maximum Gasteiger partial charge on any atom is 0.416 e. The standard InChI is InChI=1S/C17H15Cl2F3N2/c18-16(14-6-8-15(9-7-14)17(20,21)22)11-23(12-24(16)19)10-13-4-2-1-3-5-13/h1-9H,10-12H2. The molecule has 1 unspecified atom stereocenters. The van der Waals surface area contributed by atoms with Crippen LogP contribution < -0.4 is 0 Å². The highest BCUT2D eigenvalue weighted by atomic mass is 35.5. The van der Waals surface area contributed by atoms with E-state index in [-0.39, 0.29) is 0 Å². The van der Waals surface area contributed by atoms with Crippen LogP contribution in [0.3, 0.4) is 0 Å². The van der Waals surface area contributed by atoms with Crippen LogP contribution in [0, 0.1) is 0 Å². The van der Waals surface area contributed by atoms with E-state index in [1.807, 2.05) is 35.2 Å². The van der Waals surface area contributed by atoms with E-state index in [9.17, 15) is 13.2 Å². The van der Waals surface area contributed by atoms with Gasteiger partial charge in [-0.05, 0) is 35.0 Å². The summed E-state index contributed by atoms with van der Waals surface area (Å²) >= 11 is 12.9. The van der Waals surface area contributed by atoms with E-state index in [1.165, 1.54) is 16.6 Å². The highest BCUT2D eigenvalue weighted by Gasteiger charge is 2.44. The number of hydrogen-bond donors (Lipinski definition) is 0. The zero-order valence-electron chi connectivity index (χ0n) is 12.6. The molecule has 1 aliphatic rings. The van der Waals surface area contributed by atoms with Gasteiger partial charge >= 0.3 is 6.18 Å². The van der Waals surface area contributed by atoms with Crippen molar-refractivity contribution in [1.82, 2.24) is 9.32 Å². The SMILES string of the molecule is FC(F)(F)c1ccc(C2(Cl)CN(Cc3ccccc3)CN2Cl)cc1. The Bertz CT molecular complexity index is 691. The van der Waals surface area contributed by atoms with Gasteiger partial charge in [-0.3, -0.25) is 4.90 Å². The van der Waals surface area contributed by atoms with Crippen molar-refractivity contribution in [3.05, 3.63) is 71.3 Å². The Kier molecular flexibility index (Phi) is 4.80. The van der Waals surface area contributed by atoms with Crippen LogP contribution in [-0.4, -0.2) is 22.5 Å². The van der Waals surface area contributed by atoms with Gasteiger partial charge in [0, 0.05) is 13.1 Å². The number of nitrogens with zero attached hydrogens (tertiary/aromatic N) is 2. The summed E-state index contributed by atoms with van der Waals surface area (Å²) in [7, 11) is 0. The van der Waals surface area contributed by atoms with E-state index < -0.39 is 16.7 Å². The largest absolute Gasteiger partial charge is 0.416 e. The van der Waals surface area contributed by atoms with Crippen LogP contribution in [0.25, 0.3) is 0 Å². The Hall–Kier alpha value is -1.27. The van der Waals surface area contributed by atoms with Gasteiger partial charge in [0.2, 0.25) is 0 Å². The first-order valence-corrected chi connectivity index (χ1v) is 8.07. The molecule has 0 aromatic heterocycles. The van der Waals surface area contributed by atoms with Gasteiger partial charge in [0.25, 0.3) is 0 Å². The summed E-state index contributed by atoms with van der Waals surface area (Å²) < 4.78 is 39.5. The molecule has 7 heteroatoms. The molecule has 1 fully saturated rings. The Morgan fingerprint density at radius 2 is 1.62 bits per heavy atom. The lowest BCUT2D eigenvalue weighted by Crippen LogP contribution is -2.31. The fraction of sp³-hybridized carbons (Fsp3) is 0.294. The van der Waals surface area contributed by atoms with Crippen LogP contribution in [0.15, 0.2) is 54.6 Å². The third-order valence-electron chi connectivity index (χ3n) is 4.05. The van der Waals surface area contributed by atoms with E-state index in [2.05, 4.69) is 0 Å². The minimum atomic E-state index is -4.37. The van der Waals surface area contributed by atoms with Crippen molar-refractivity contribution in [1.29, 1.82) is 0 Å². The van der Waals surface area contributed by atoms with Crippen molar-refractivity contribution in [2.45, 2.75) is 17.7 Å². The van der Waals surface area contributed by atoms with Gasteiger partial charge in [-0.1, -0.05) is 54.1 Å². The molecule has 1 saturated heterocycles. The number of rotatable bonds is 3. The average Bonchev–Trinajstić information content (AvgIpc) is 2.83. The molecule has 2 aromatic rings. The van der Waals surface area contributed by atoms with Gasteiger partial charge in [-0.25, -0.2) is 0 Å². The normalized spacial score (nSPS) is 22.9. The van der Waals surface area contributed by atoms with Gasteiger partial charge in [0.15, 0.2) is 0 Å². The number of benzene rings is 2. The Labute approximate surface area is 148 Å². The molecular formula is C17H15Cl2F3N2. The zero-order chi connectivity index (χ0) is 17.4. The Balaban J connectivity index is 1.77. The fourth-order valence-corrected chi connectivity index (χ4v) is 3.45. The topological polar surface area (TPSA) is 6.48 Å². The predicted octanol–water partition coefficient (Wildman–Crippen LogP) is 5.03. The maximum atomic E-state index is 12.7. The van der Waals surface area contributed by atoms with Crippen LogP contribution in [-0.2, 0) is 17.7 Å². The molecule has 0 radical (unpaired) electrons. The van der Waals surface area contributed by atoms with Gasteiger partial charge in [-0.15, -0.1) is 0 Å². The van der Waals surface area contributed by atoms with Crippen molar-refractivity contribution in [2.75, 3.05) is 13.2 Å². The summed E-state index contributed by atoms with van der Waals surface area (Å²) in [5, 5.41) is 0. The number of halogens is 5. The predicted molar refractivity (Wildman–Crippen MR) is 88.4 cm³/mol. The van der Waals surface area contributed by atoms with E-state index in [0.717, 1.165) is 17.7 Å². The van der Waals surface area contributed by atoms with Crippen LogP contribution in [0.4, 0.5) is 13.2 Å². The molecule has 128 valence electrons. The lowest BCUT2D eigenvalue weighted by atomic mass is 10.0. The number of hydrogen-bond acceptors (Lipinski definition) is 2. The van der Waals surface area contributed by atoms with E-state index in [1.54, 1.807) is 0 Å². The first-order chi connectivity index (χ1) is 11.3. The minimum absolute atomic E-state index is 0.415. The third kappa shape index (κ3) is 3.54. The summed E-state index contributed by atoms with van der Waals surface area (Å²) in [5.74, 6) is 0. The fourth-order valence-electron chi connectivity index (χ4n) is 2.80. The van der Waals surface area contributed by atoms with Crippen LogP contribution in [0.2, 0.25) is 0 Å². The molecular weight excluding hydrogens is 360 g/mol. The molecule has 2 aromatic carbocycles. The monoisotopic (exact) mass is 374 g/mol. The van der Waals surface area contributed by atoms with Crippen molar-refractivity contribution < 1.29 is 13.2 Å².